The second kappa shape index (κ2) is 6.26. The van der Waals surface area contributed by atoms with E-state index in [1.165, 1.54) is 0 Å². The third-order valence-corrected chi connectivity index (χ3v) is 5.29. The first kappa shape index (κ1) is 15.3. The lowest BCUT2D eigenvalue weighted by atomic mass is 9.93. The van der Waals surface area contributed by atoms with Gasteiger partial charge in [-0.3, -0.25) is 4.79 Å². The predicted octanol–water partition coefficient (Wildman–Crippen LogP) is 3.19. The molecule has 3 rings (SSSR count). The van der Waals surface area contributed by atoms with Gasteiger partial charge in [0.05, 0.1) is 11.7 Å². The fourth-order valence-electron chi connectivity index (χ4n) is 3.12. The molecule has 0 unspecified atom stereocenters. The maximum atomic E-state index is 12.6. The van der Waals surface area contributed by atoms with E-state index in [-0.39, 0.29) is 18.1 Å². The molecule has 2 aromatic rings. The summed E-state index contributed by atoms with van der Waals surface area (Å²) < 4.78 is 2.13. The quantitative estimate of drug-likeness (QED) is 0.913. The number of aryl methyl sites for hydroxylation is 2. The molecule has 2 aromatic heterocycles. The lowest BCUT2D eigenvalue weighted by molar-refractivity contribution is 0.0868. The summed E-state index contributed by atoms with van der Waals surface area (Å²) in [4.78, 5) is 12.6. The van der Waals surface area contributed by atoms with Gasteiger partial charge < -0.3 is 15.0 Å². The molecule has 0 atom stereocenters. The number of nitrogens with zero attached hydrogens (tertiary/aromatic N) is 1. The van der Waals surface area contributed by atoms with Crippen molar-refractivity contribution in [2.75, 3.05) is 0 Å². The van der Waals surface area contributed by atoms with Crippen molar-refractivity contribution in [1.29, 1.82) is 0 Å². The van der Waals surface area contributed by atoms with Gasteiger partial charge in [-0.05, 0) is 63.1 Å². The Morgan fingerprint density at radius 1 is 1.18 bits per heavy atom. The lowest BCUT2D eigenvalue weighted by Gasteiger charge is -2.26. The number of carbonyl (C=O) groups is 1. The van der Waals surface area contributed by atoms with E-state index in [1.54, 1.807) is 11.3 Å². The molecule has 0 aliphatic heterocycles. The Labute approximate surface area is 134 Å². The molecule has 2 N–H and O–H groups in total. The van der Waals surface area contributed by atoms with Crippen LogP contribution in [-0.2, 0) is 0 Å². The van der Waals surface area contributed by atoms with E-state index in [4.69, 9.17) is 0 Å². The number of aliphatic hydroxyl groups excluding tert-OH is 1. The summed E-state index contributed by atoms with van der Waals surface area (Å²) in [6, 6.07) is 6.21. The van der Waals surface area contributed by atoms with Crippen LogP contribution in [0.1, 0.15) is 47.4 Å². The van der Waals surface area contributed by atoms with Crippen molar-refractivity contribution < 1.29 is 9.90 Å². The molecule has 0 bridgehead atoms. The molecule has 118 valence electrons. The van der Waals surface area contributed by atoms with Gasteiger partial charge in [-0.15, -0.1) is 11.3 Å². The number of nitrogens with one attached hydrogen (secondary N) is 1. The number of hydrogen-bond donors (Lipinski definition) is 2. The first-order chi connectivity index (χ1) is 10.6. The number of carbonyl (C=O) groups excluding carboxylic acids is 1. The summed E-state index contributed by atoms with van der Waals surface area (Å²) in [6.45, 7) is 4.11. The summed E-state index contributed by atoms with van der Waals surface area (Å²) in [7, 11) is 0. The first-order valence-electron chi connectivity index (χ1n) is 7.78. The van der Waals surface area contributed by atoms with Crippen LogP contribution in [0.3, 0.4) is 0 Å². The van der Waals surface area contributed by atoms with Crippen LogP contribution in [0.15, 0.2) is 23.6 Å². The highest BCUT2D eigenvalue weighted by Gasteiger charge is 2.23. The van der Waals surface area contributed by atoms with E-state index in [9.17, 15) is 9.90 Å². The van der Waals surface area contributed by atoms with Gasteiger partial charge in [0.1, 0.15) is 5.00 Å². The van der Waals surface area contributed by atoms with Crippen LogP contribution in [0, 0.1) is 13.8 Å². The van der Waals surface area contributed by atoms with Gasteiger partial charge in [0.2, 0.25) is 0 Å². The summed E-state index contributed by atoms with van der Waals surface area (Å²) in [5.74, 6) is -0.00913. The average molecular weight is 318 g/mol. The van der Waals surface area contributed by atoms with E-state index < -0.39 is 0 Å². The van der Waals surface area contributed by atoms with Crippen molar-refractivity contribution in [2.45, 2.75) is 51.7 Å². The van der Waals surface area contributed by atoms with Gasteiger partial charge >= 0.3 is 0 Å². The molecule has 1 amide bonds. The van der Waals surface area contributed by atoms with Crippen molar-refractivity contribution in [3.8, 4) is 5.00 Å². The highest BCUT2D eigenvalue weighted by Crippen LogP contribution is 2.26. The fraction of sp³-hybridized carbons (Fsp3) is 0.471. The average Bonchev–Trinajstić information content (AvgIpc) is 3.08. The Balaban J connectivity index is 1.78. The fourth-order valence-corrected chi connectivity index (χ4v) is 4.13. The lowest BCUT2D eigenvalue weighted by Crippen LogP contribution is -2.38. The largest absolute Gasteiger partial charge is 0.393 e. The molecule has 0 aromatic carbocycles. The zero-order chi connectivity index (χ0) is 15.7. The van der Waals surface area contributed by atoms with Crippen molar-refractivity contribution in [3.63, 3.8) is 0 Å². The molecular weight excluding hydrogens is 296 g/mol. The van der Waals surface area contributed by atoms with Crippen LogP contribution < -0.4 is 5.32 Å². The number of amides is 1. The molecule has 1 saturated carbocycles. The predicted molar refractivity (Wildman–Crippen MR) is 88.8 cm³/mol. The van der Waals surface area contributed by atoms with Crippen LogP contribution in [-0.4, -0.2) is 27.7 Å². The SMILES string of the molecule is Cc1ccc(C)n1-c1sccc1C(=O)NC1CCC(O)CC1. The Morgan fingerprint density at radius 2 is 1.82 bits per heavy atom. The number of aromatic nitrogens is 1. The zero-order valence-corrected chi connectivity index (χ0v) is 13.8. The maximum absolute atomic E-state index is 12.6. The van der Waals surface area contributed by atoms with E-state index in [0.29, 0.717) is 0 Å². The Bertz CT molecular complexity index is 647. The molecule has 0 radical (unpaired) electrons. The molecule has 1 fully saturated rings. The molecule has 22 heavy (non-hydrogen) atoms. The minimum absolute atomic E-state index is 0.00913. The second-order valence-electron chi connectivity index (χ2n) is 6.07. The molecule has 1 aliphatic carbocycles. The van der Waals surface area contributed by atoms with E-state index >= 15 is 0 Å². The van der Waals surface area contributed by atoms with Crippen molar-refractivity contribution >= 4 is 17.2 Å². The summed E-state index contributed by atoms with van der Waals surface area (Å²) in [6.07, 6.45) is 3.06. The number of hydrogen-bond acceptors (Lipinski definition) is 3. The number of rotatable bonds is 3. The van der Waals surface area contributed by atoms with E-state index in [0.717, 1.165) is 47.6 Å². The maximum Gasteiger partial charge on any atom is 0.254 e. The normalized spacial score (nSPS) is 21.8. The minimum atomic E-state index is -0.199. The van der Waals surface area contributed by atoms with Crippen molar-refractivity contribution in [2.24, 2.45) is 0 Å². The Hall–Kier alpha value is -1.59. The molecule has 4 nitrogen and oxygen atoms in total. The smallest absolute Gasteiger partial charge is 0.254 e. The third-order valence-electron chi connectivity index (χ3n) is 4.40. The Morgan fingerprint density at radius 3 is 2.45 bits per heavy atom. The zero-order valence-electron chi connectivity index (χ0n) is 13.0. The van der Waals surface area contributed by atoms with E-state index in [1.807, 2.05) is 11.4 Å². The van der Waals surface area contributed by atoms with Crippen LogP contribution in [0.25, 0.3) is 5.00 Å². The monoisotopic (exact) mass is 318 g/mol. The topological polar surface area (TPSA) is 54.3 Å². The van der Waals surface area contributed by atoms with Crippen molar-refractivity contribution in [3.05, 3.63) is 40.5 Å². The number of thiophene rings is 1. The molecule has 0 spiro atoms. The first-order valence-corrected chi connectivity index (χ1v) is 8.66. The molecule has 0 saturated heterocycles. The van der Waals surface area contributed by atoms with Gasteiger partial charge in [-0.2, -0.15) is 0 Å². The van der Waals surface area contributed by atoms with Gasteiger partial charge in [0.15, 0.2) is 0 Å². The summed E-state index contributed by atoms with van der Waals surface area (Å²) in [5.41, 5.74) is 3.00. The molecule has 1 aliphatic rings. The van der Waals surface area contributed by atoms with Gasteiger partial charge in [-0.25, -0.2) is 0 Å². The third kappa shape index (κ3) is 2.96. The number of aliphatic hydroxyl groups is 1. The summed E-state index contributed by atoms with van der Waals surface area (Å²) >= 11 is 1.59. The molecule has 5 heteroatoms. The van der Waals surface area contributed by atoms with Crippen LogP contribution in [0.5, 0.6) is 0 Å². The van der Waals surface area contributed by atoms with Crippen LogP contribution in [0.4, 0.5) is 0 Å². The van der Waals surface area contributed by atoms with Gasteiger partial charge in [-0.1, -0.05) is 0 Å². The Kier molecular flexibility index (Phi) is 4.36. The summed E-state index contributed by atoms with van der Waals surface area (Å²) in [5, 5.41) is 15.6. The standard InChI is InChI=1S/C17H22N2O2S/c1-11-3-4-12(2)19(11)17-15(9-10-22-17)16(21)18-13-5-7-14(20)8-6-13/h3-4,9-10,13-14,20H,5-8H2,1-2H3,(H,18,21). The second-order valence-corrected chi connectivity index (χ2v) is 6.96. The van der Waals surface area contributed by atoms with Gasteiger partial charge in [0.25, 0.3) is 5.91 Å². The minimum Gasteiger partial charge on any atom is -0.393 e. The highest BCUT2D eigenvalue weighted by atomic mass is 32.1. The highest BCUT2D eigenvalue weighted by molar-refractivity contribution is 7.13. The van der Waals surface area contributed by atoms with Crippen LogP contribution in [0.2, 0.25) is 0 Å². The molecule has 2 heterocycles. The molecular formula is C17H22N2O2S. The van der Waals surface area contributed by atoms with Crippen LogP contribution >= 0.6 is 11.3 Å². The van der Waals surface area contributed by atoms with Crippen molar-refractivity contribution in [1.82, 2.24) is 9.88 Å². The van der Waals surface area contributed by atoms with E-state index in [2.05, 4.69) is 35.9 Å². The van der Waals surface area contributed by atoms with Gasteiger partial charge in [0, 0.05) is 17.4 Å².